The highest BCUT2D eigenvalue weighted by Crippen LogP contribution is 2.33. The van der Waals surface area contributed by atoms with E-state index in [0.29, 0.717) is 0 Å². The van der Waals surface area contributed by atoms with E-state index >= 15 is 0 Å². The SMILES string of the molecule is CC(C)CCCN1CC2CCN(CC(C)C)CCCC21. The Bertz CT molecular complexity index is 275. The van der Waals surface area contributed by atoms with Gasteiger partial charge in [-0.1, -0.05) is 27.7 Å². The Labute approximate surface area is 126 Å². The minimum atomic E-state index is 0.819. The zero-order valence-electron chi connectivity index (χ0n) is 14.3. The van der Waals surface area contributed by atoms with E-state index in [4.69, 9.17) is 0 Å². The van der Waals surface area contributed by atoms with Gasteiger partial charge >= 0.3 is 0 Å². The van der Waals surface area contributed by atoms with Gasteiger partial charge in [-0.3, -0.25) is 4.90 Å². The first-order valence-corrected chi connectivity index (χ1v) is 9.02. The molecule has 2 rings (SSSR count). The molecule has 0 aromatic rings. The lowest BCUT2D eigenvalue weighted by Crippen LogP contribution is -2.58. The first-order chi connectivity index (χ1) is 9.56. The molecule has 2 fully saturated rings. The lowest BCUT2D eigenvalue weighted by atomic mass is 9.81. The third-order valence-corrected chi connectivity index (χ3v) is 5.12. The van der Waals surface area contributed by atoms with Crippen LogP contribution in [0.5, 0.6) is 0 Å². The number of hydrogen-bond acceptors (Lipinski definition) is 2. The van der Waals surface area contributed by atoms with E-state index in [-0.39, 0.29) is 0 Å². The van der Waals surface area contributed by atoms with Crippen LogP contribution < -0.4 is 0 Å². The normalized spacial score (nSPS) is 29.1. The molecule has 0 aromatic carbocycles. The Hall–Kier alpha value is -0.0800. The van der Waals surface area contributed by atoms with Crippen LogP contribution in [0.2, 0.25) is 0 Å². The molecule has 0 aliphatic carbocycles. The summed E-state index contributed by atoms with van der Waals surface area (Å²) in [5.74, 6) is 2.69. The van der Waals surface area contributed by atoms with Crippen LogP contribution in [0, 0.1) is 17.8 Å². The van der Waals surface area contributed by atoms with Crippen LogP contribution >= 0.6 is 0 Å². The second-order valence-electron chi connectivity index (χ2n) is 7.98. The molecule has 0 radical (unpaired) electrons. The van der Waals surface area contributed by atoms with Crippen molar-refractivity contribution in [2.24, 2.45) is 17.8 Å². The van der Waals surface area contributed by atoms with Gasteiger partial charge in [-0.25, -0.2) is 0 Å². The van der Waals surface area contributed by atoms with Gasteiger partial charge in [-0.2, -0.15) is 0 Å². The molecule has 2 saturated heterocycles. The Kier molecular flexibility index (Phi) is 6.35. The quantitative estimate of drug-likeness (QED) is 0.729. The average Bonchev–Trinajstić information content (AvgIpc) is 2.33. The molecule has 2 nitrogen and oxygen atoms in total. The van der Waals surface area contributed by atoms with Crippen LogP contribution in [0.15, 0.2) is 0 Å². The number of likely N-dealkylation sites (tertiary alicyclic amines) is 2. The van der Waals surface area contributed by atoms with Gasteiger partial charge in [0.15, 0.2) is 0 Å². The predicted molar refractivity (Wildman–Crippen MR) is 88.1 cm³/mol. The zero-order chi connectivity index (χ0) is 14.5. The summed E-state index contributed by atoms with van der Waals surface area (Å²) in [5, 5.41) is 0. The van der Waals surface area contributed by atoms with Crippen LogP contribution in [0.3, 0.4) is 0 Å². The van der Waals surface area contributed by atoms with Crippen molar-refractivity contribution in [1.82, 2.24) is 9.80 Å². The maximum absolute atomic E-state index is 2.78. The van der Waals surface area contributed by atoms with Gasteiger partial charge in [0.05, 0.1) is 0 Å². The fraction of sp³-hybridized carbons (Fsp3) is 1.00. The standard InChI is InChI=1S/C18H36N2/c1-15(2)7-5-11-20-14-17-9-12-19(13-16(3)4)10-6-8-18(17)20/h15-18H,5-14H2,1-4H3. The van der Waals surface area contributed by atoms with E-state index in [1.54, 1.807) is 0 Å². The fourth-order valence-electron chi connectivity index (χ4n) is 4.06. The number of nitrogens with zero attached hydrogens (tertiary/aromatic N) is 2. The highest BCUT2D eigenvalue weighted by atomic mass is 15.2. The summed E-state index contributed by atoms with van der Waals surface area (Å²) in [7, 11) is 0. The van der Waals surface area contributed by atoms with Crippen LogP contribution in [-0.2, 0) is 0 Å². The van der Waals surface area contributed by atoms with Gasteiger partial charge in [-0.15, -0.1) is 0 Å². The molecule has 2 heterocycles. The van der Waals surface area contributed by atoms with Crippen LogP contribution in [-0.4, -0.2) is 48.6 Å². The summed E-state index contributed by atoms with van der Waals surface area (Å²) < 4.78 is 0. The van der Waals surface area contributed by atoms with Crippen molar-refractivity contribution in [3.8, 4) is 0 Å². The van der Waals surface area contributed by atoms with Crippen LogP contribution in [0.25, 0.3) is 0 Å². The molecule has 2 aliphatic heterocycles. The van der Waals surface area contributed by atoms with Crippen LogP contribution in [0.1, 0.15) is 59.8 Å². The van der Waals surface area contributed by atoms with E-state index in [1.165, 1.54) is 64.8 Å². The summed E-state index contributed by atoms with van der Waals surface area (Å²) in [6.45, 7) is 16.1. The van der Waals surface area contributed by atoms with Gasteiger partial charge in [0.2, 0.25) is 0 Å². The Balaban J connectivity index is 1.69. The van der Waals surface area contributed by atoms with Crippen molar-refractivity contribution in [3.63, 3.8) is 0 Å². The third-order valence-electron chi connectivity index (χ3n) is 5.12. The van der Waals surface area contributed by atoms with Crippen LogP contribution in [0.4, 0.5) is 0 Å². The Morgan fingerprint density at radius 2 is 1.80 bits per heavy atom. The first-order valence-electron chi connectivity index (χ1n) is 9.02. The van der Waals surface area contributed by atoms with Crippen molar-refractivity contribution in [2.45, 2.75) is 65.8 Å². The molecular formula is C18H36N2. The number of fused-ring (bicyclic) bond motifs is 1. The van der Waals surface area contributed by atoms with Gasteiger partial charge in [0.25, 0.3) is 0 Å². The number of rotatable bonds is 6. The predicted octanol–water partition coefficient (Wildman–Crippen LogP) is 3.86. The van der Waals surface area contributed by atoms with E-state index in [1.807, 2.05) is 0 Å². The van der Waals surface area contributed by atoms with Gasteiger partial charge in [0, 0.05) is 19.1 Å². The largest absolute Gasteiger partial charge is 0.303 e. The molecule has 0 bridgehead atoms. The minimum absolute atomic E-state index is 0.819. The minimum Gasteiger partial charge on any atom is -0.303 e. The van der Waals surface area contributed by atoms with E-state index in [2.05, 4.69) is 37.5 Å². The molecule has 0 N–H and O–H groups in total. The molecular weight excluding hydrogens is 244 g/mol. The summed E-state index contributed by atoms with van der Waals surface area (Å²) in [4.78, 5) is 5.49. The second kappa shape index (κ2) is 7.79. The van der Waals surface area contributed by atoms with E-state index in [9.17, 15) is 0 Å². The summed E-state index contributed by atoms with van der Waals surface area (Å²) >= 11 is 0. The number of hydrogen-bond donors (Lipinski definition) is 0. The molecule has 0 aromatic heterocycles. The van der Waals surface area contributed by atoms with Crippen molar-refractivity contribution < 1.29 is 0 Å². The molecule has 20 heavy (non-hydrogen) atoms. The smallest absolute Gasteiger partial charge is 0.0137 e. The molecule has 2 aliphatic rings. The lowest BCUT2D eigenvalue weighted by molar-refractivity contribution is -0.0136. The molecule has 2 heteroatoms. The maximum atomic E-state index is 2.78. The first kappa shape index (κ1) is 16.3. The topological polar surface area (TPSA) is 6.48 Å². The summed E-state index contributed by atoms with van der Waals surface area (Å²) in [5.41, 5.74) is 0. The molecule has 0 spiro atoms. The van der Waals surface area contributed by atoms with Crippen molar-refractivity contribution in [2.75, 3.05) is 32.7 Å². The average molecular weight is 280 g/mol. The second-order valence-corrected chi connectivity index (χ2v) is 7.98. The van der Waals surface area contributed by atoms with E-state index in [0.717, 1.165) is 23.8 Å². The maximum Gasteiger partial charge on any atom is 0.0137 e. The summed E-state index contributed by atoms with van der Waals surface area (Å²) in [6, 6.07) is 0.934. The molecule has 0 amide bonds. The van der Waals surface area contributed by atoms with E-state index < -0.39 is 0 Å². The fourth-order valence-corrected chi connectivity index (χ4v) is 4.06. The Morgan fingerprint density at radius 3 is 2.50 bits per heavy atom. The van der Waals surface area contributed by atoms with Gasteiger partial charge in [0.1, 0.15) is 0 Å². The van der Waals surface area contributed by atoms with Crippen molar-refractivity contribution >= 4 is 0 Å². The highest BCUT2D eigenvalue weighted by molar-refractivity contribution is 4.93. The molecule has 2 atom stereocenters. The highest BCUT2D eigenvalue weighted by Gasteiger charge is 2.38. The van der Waals surface area contributed by atoms with Crippen molar-refractivity contribution in [1.29, 1.82) is 0 Å². The molecule has 2 unspecified atom stereocenters. The van der Waals surface area contributed by atoms with Gasteiger partial charge < -0.3 is 4.90 Å². The third kappa shape index (κ3) is 4.73. The molecule has 0 saturated carbocycles. The lowest BCUT2D eigenvalue weighted by Gasteiger charge is -2.50. The molecule has 118 valence electrons. The Morgan fingerprint density at radius 1 is 1.00 bits per heavy atom. The monoisotopic (exact) mass is 280 g/mol. The summed E-state index contributed by atoms with van der Waals surface area (Å²) in [6.07, 6.45) is 7.10. The van der Waals surface area contributed by atoms with Crippen molar-refractivity contribution in [3.05, 3.63) is 0 Å². The van der Waals surface area contributed by atoms with Gasteiger partial charge in [-0.05, 0) is 69.5 Å². The zero-order valence-corrected chi connectivity index (χ0v) is 14.3.